The van der Waals surface area contributed by atoms with Gasteiger partial charge in [-0.1, -0.05) is 50.6 Å². The van der Waals surface area contributed by atoms with Crippen molar-refractivity contribution in [3.63, 3.8) is 0 Å². The molecule has 3 heteroatoms. The Morgan fingerprint density at radius 2 is 1.95 bits per heavy atom. The zero-order valence-electron chi connectivity index (χ0n) is 14.4. The number of likely N-dealkylation sites (tertiary alicyclic amines) is 1. The second-order valence-electron chi connectivity index (χ2n) is 7.64. The van der Waals surface area contributed by atoms with Gasteiger partial charge in [-0.3, -0.25) is 4.79 Å². The number of hydrogen-bond donors (Lipinski definition) is 0. The minimum atomic E-state index is 0.0484. The van der Waals surface area contributed by atoms with E-state index in [4.69, 9.17) is 4.74 Å². The van der Waals surface area contributed by atoms with Crippen LogP contribution in [0.1, 0.15) is 51.2 Å². The molecule has 1 aromatic carbocycles. The number of hydrogen-bond acceptors (Lipinski definition) is 2. The van der Waals surface area contributed by atoms with Gasteiger partial charge in [0, 0.05) is 19.5 Å². The van der Waals surface area contributed by atoms with Crippen molar-refractivity contribution in [3.8, 4) is 0 Å². The third kappa shape index (κ3) is 5.45. The monoisotopic (exact) mass is 303 g/mol. The highest BCUT2D eigenvalue weighted by molar-refractivity contribution is 5.76. The van der Waals surface area contributed by atoms with E-state index < -0.39 is 0 Å². The van der Waals surface area contributed by atoms with Crippen molar-refractivity contribution in [2.24, 2.45) is 5.41 Å². The first kappa shape index (κ1) is 17.0. The van der Waals surface area contributed by atoms with E-state index in [1.54, 1.807) is 0 Å². The van der Waals surface area contributed by atoms with Crippen LogP contribution in [0, 0.1) is 12.3 Å². The summed E-state index contributed by atoms with van der Waals surface area (Å²) in [6.45, 7) is 10.7. The molecule has 0 aromatic heterocycles. The highest BCUT2D eigenvalue weighted by Crippen LogP contribution is 2.22. The maximum absolute atomic E-state index is 12.3. The topological polar surface area (TPSA) is 29.5 Å². The molecule has 1 amide bonds. The first-order valence-electron chi connectivity index (χ1n) is 8.28. The van der Waals surface area contributed by atoms with Crippen LogP contribution in [0.5, 0.6) is 0 Å². The van der Waals surface area contributed by atoms with Crippen molar-refractivity contribution in [1.82, 2.24) is 4.90 Å². The Bertz CT molecular complexity index is 487. The van der Waals surface area contributed by atoms with Crippen molar-refractivity contribution in [1.29, 1.82) is 0 Å². The zero-order valence-corrected chi connectivity index (χ0v) is 14.4. The maximum atomic E-state index is 12.3. The molecule has 1 aliphatic heterocycles. The molecule has 1 heterocycles. The van der Waals surface area contributed by atoms with Gasteiger partial charge in [0.05, 0.1) is 12.7 Å². The fourth-order valence-electron chi connectivity index (χ4n) is 2.76. The van der Waals surface area contributed by atoms with Gasteiger partial charge < -0.3 is 9.64 Å². The number of benzene rings is 1. The Hall–Kier alpha value is -1.35. The number of amides is 1. The summed E-state index contributed by atoms with van der Waals surface area (Å²) in [4.78, 5) is 14.3. The zero-order chi connectivity index (χ0) is 16.2. The van der Waals surface area contributed by atoms with Gasteiger partial charge in [-0.05, 0) is 30.7 Å². The average Bonchev–Trinajstić information content (AvgIpc) is 2.45. The van der Waals surface area contributed by atoms with Crippen LogP contribution >= 0.6 is 0 Å². The molecule has 1 atom stereocenters. The molecule has 1 saturated heterocycles. The van der Waals surface area contributed by atoms with E-state index in [9.17, 15) is 4.79 Å². The van der Waals surface area contributed by atoms with E-state index >= 15 is 0 Å². The fourth-order valence-corrected chi connectivity index (χ4v) is 2.76. The lowest BCUT2D eigenvalue weighted by atomic mass is 9.91. The van der Waals surface area contributed by atoms with E-state index in [-0.39, 0.29) is 17.4 Å². The number of carbonyl (C=O) groups is 1. The van der Waals surface area contributed by atoms with Crippen LogP contribution in [0.3, 0.4) is 0 Å². The van der Waals surface area contributed by atoms with Gasteiger partial charge in [0.1, 0.15) is 0 Å². The quantitative estimate of drug-likeness (QED) is 0.843. The SMILES string of the molecule is Cc1ccc(CO[C@@H]2CCCN(C(=O)CC(C)(C)C)C2)cc1. The number of rotatable bonds is 4. The number of nitrogens with zero attached hydrogens (tertiary/aromatic N) is 1. The molecule has 1 fully saturated rings. The Balaban J connectivity index is 1.82. The first-order chi connectivity index (χ1) is 10.3. The van der Waals surface area contributed by atoms with E-state index in [1.165, 1.54) is 11.1 Å². The summed E-state index contributed by atoms with van der Waals surface area (Å²) in [5, 5.41) is 0. The van der Waals surface area contributed by atoms with Crippen LogP contribution in [0.2, 0.25) is 0 Å². The molecule has 1 aromatic rings. The van der Waals surface area contributed by atoms with Crippen LogP contribution in [0.15, 0.2) is 24.3 Å². The third-order valence-corrected chi connectivity index (χ3v) is 4.02. The maximum Gasteiger partial charge on any atom is 0.223 e. The normalized spacial score (nSPS) is 19.3. The number of piperidine rings is 1. The lowest BCUT2D eigenvalue weighted by Crippen LogP contribution is -2.44. The summed E-state index contributed by atoms with van der Waals surface area (Å²) in [6.07, 6.45) is 2.86. The number of aryl methyl sites for hydroxylation is 1. The Labute approximate surface area is 134 Å². The molecule has 0 spiro atoms. The smallest absolute Gasteiger partial charge is 0.223 e. The third-order valence-electron chi connectivity index (χ3n) is 4.02. The highest BCUT2D eigenvalue weighted by Gasteiger charge is 2.26. The van der Waals surface area contributed by atoms with E-state index in [2.05, 4.69) is 52.0 Å². The van der Waals surface area contributed by atoms with E-state index in [1.807, 2.05) is 4.90 Å². The van der Waals surface area contributed by atoms with Crippen molar-refractivity contribution >= 4 is 5.91 Å². The first-order valence-corrected chi connectivity index (χ1v) is 8.28. The highest BCUT2D eigenvalue weighted by atomic mass is 16.5. The molecule has 3 nitrogen and oxygen atoms in total. The van der Waals surface area contributed by atoms with Crippen LogP contribution in [-0.4, -0.2) is 30.0 Å². The predicted octanol–water partition coefficient (Wildman–Crippen LogP) is 3.94. The van der Waals surface area contributed by atoms with Crippen molar-refractivity contribution < 1.29 is 9.53 Å². The standard InChI is InChI=1S/C19H29NO2/c1-15-7-9-16(10-8-15)14-22-17-6-5-11-20(13-17)18(21)12-19(2,3)4/h7-10,17H,5-6,11-14H2,1-4H3/t17-/m1/s1. The lowest BCUT2D eigenvalue weighted by Gasteiger charge is -2.34. The van der Waals surface area contributed by atoms with Crippen molar-refractivity contribution in [3.05, 3.63) is 35.4 Å². The van der Waals surface area contributed by atoms with E-state index in [0.717, 1.165) is 25.9 Å². The van der Waals surface area contributed by atoms with Gasteiger partial charge in [0.25, 0.3) is 0 Å². The summed E-state index contributed by atoms with van der Waals surface area (Å²) in [7, 11) is 0. The van der Waals surface area contributed by atoms with Crippen LogP contribution in [0.25, 0.3) is 0 Å². The number of carbonyl (C=O) groups excluding carboxylic acids is 1. The molecule has 0 N–H and O–H groups in total. The van der Waals surface area contributed by atoms with Gasteiger partial charge in [0.2, 0.25) is 5.91 Å². The second-order valence-corrected chi connectivity index (χ2v) is 7.64. The van der Waals surface area contributed by atoms with E-state index in [0.29, 0.717) is 13.0 Å². The lowest BCUT2D eigenvalue weighted by molar-refractivity contribution is -0.137. The molecule has 0 aliphatic carbocycles. The average molecular weight is 303 g/mol. The van der Waals surface area contributed by atoms with Crippen LogP contribution < -0.4 is 0 Å². The predicted molar refractivity (Wildman–Crippen MR) is 89.6 cm³/mol. The molecule has 0 unspecified atom stereocenters. The minimum absolute atomic E-state index is 0.0484. The largest absolute Gasteiger partial charge is 0.372 e. The summed E-state index contributed by atoms with van der Waals surface area (Å²) in [5.41, 5.74) is 2.51. The van der Waals surface area contributed by atoms with Crippen LogP contribution in [-0.2, 0) is 16.1 Å². The summed E-state index contributed by atoms with van der Waals surface area (Å²) in [6, 6.07) is 8.44. The molecular formula is C19H29NO2. The minimum Gasteiger partial charge on any atom is -0.372 e. The van der Waals surface area contributed by atoms with Crippen molar-refractivity contribution in [2.45, 2.75) is 59.7 Å². The molecule has 122 valence electrons. The Morgan fingerprint density at radius 1 is 1.27 bits per heavy atom. The van der Waals surface area contributed by atoms with Gasteiger partial charge >= 0.3 is 0 Å². The summed E-state index contributed by atoms with van der Waals surface area (Å²) in [5.74, 6) is 0.260. The molecule has 0 bridgehead atoms. The van der Waals surface area contributed by atoms with Crippen LogP contribution in [0.4, 0.5) is 0 Å². The molecule has 1 aliphatic rings. The summed E-state index contributed by atoms with van der Waals surface area (Å²) < 4.78 is 6.03. The number of ether oxygens (including phenoxy) is 1. The van der Waals surface area contributed by atoms with Gasteiger partial charge in [-0.2, -0.15) is 0 Å². The molecule has 2 rings (SSSR count). The Morgan fingerprint density at radius 3 is 2.59 bits per heavy atom. The summed E-state index contributed by atoms with van der Waals surface area (Å²) >= 11 is 0. The molecule has 0 saturated carbocycles. The van der Waals surface area contributed by atoms with Crippen molar-refractivity contribution in [2.75, 3.05) is 13.1 Å². The van der Waals surface area contributed by atoms with Gasteiger partial charge in [-0.15, -0.1) is 0 Å². The molecule has 0 radical (unpaired) electrons. The fraction of sp³-hybridized carbons (Fsp3) is 0.632. The molecule has 22 heavy (non-hydrogen) atoms. The van der Waals surface area contributed by atoms with Gasteiger partial charge in [0.15, 0.2) is 0 Å². The van der Waals surface area contributed by atoms with Gasteiger partial charge in [-0.25, -0.2) is 0 Å². The second kappa shape index (κ2) is 7.28. The molecular weight excluding hydrogens is 274 g/mol. The Kier molecular flexibility index (Phi) is 5.63.